The zero-order chi connectivity index (χ0) is 14.4. The van der Waals surface area contributed by atoms with Crippen LogP contribution in [0.3, 0.4) is 0 Å². The van der Waals surface area contributed by atoms with Crippen molar-refractivity contribution in [2.45, 2.75) is 26.3 Å². The summed E-state index contributed by atoms with van der Waals surface area (Å²) in [6.45, 7) is 5.45. The molecular formula is C16H24N2O2. The van der Waals surface area contributed by atoms with E-state index < -0.39 is 0 Å². The van der Waals surface area contributed by atoms with Crippen molar-refractivity contribution in [2.75, 3.05) is 26.7 Å². The van der Waals surface area contributed by atoms with Crippen LogP contribution in [0, 0.1) is 5.92 Å². The minimum atomic E-state index is 0.107. The minimum Gasteiger partial charge on any atom is -0.497 e. The summed E-state index contributed by atoms with van der Waals surface area (Å²) >= 11 is 0. The molecule has 0 aromatic heterocycles. The Balaban J connectivity index is 1.71. The maximum Gasteiger partial charge on any atom is 0.234 e. The third-order valence-corrected chi connectivity index (χ3v) is 3.89. The van der Waals surface area contributed by atoms with Gasteiger partial charge in [-0.05, 0) is 49.5 Å². The second-order valence-electron chi connectivity index (χ2n) is 5.58. The van der Waals surface area contributed by atoms with E-state index in [0.717, 1.165) is 30.3 Å². The van der Waals surface area contributed by atoms with E-state index in [1.807, 2.05) is 24.3 Å². The largest absolute Gasteiger partial charge is 0.497 e. The van der Waals surface area contributed by atoms with E-state index in [2.05, 4.69) is 17.1 Å². The summed E-state index contributed by atoms with van der Waals surface area (Å²) in [5.74, 6) is 1.74. The van der Waals surface area contributed by atoms with Gasteiger partial charge >= 0.3 is 0 Å². The molecule has 0 saturated carbocycles. The van der Waals surface area contributed by atoms with Crippen LogP contribution in [0.15, 0.2) is 24.3 Å². The fourth-order valence-electron chi connectivity index (χ4n) is 2.42. The lowest BCUT2D eigenvalue weighted by atomic mass is 9.99. The SMILES string of the molecule is COc1ccc(CNC(=O)CN2CCC(C)CC2)cc1. The topological polar surface area (TPSA) is 41.6 Å². The molecule has 1 N–H and O–H groups in total. The van der Waals surface area contributed by atoms with Gasteiger partial charge in [-0.15, -0.1) is 0 Å². The van der Waals surface area contributed by atoms with Crippen LogP contribution in [0.25, 0.3) is 0 Å². The third-order valence-electron chi connectivity index (χ3n) is 3.89. The molecule has 1 saturated heterocycles. The van der Waals surface area contributed by atoms with Crippen LogP contribution in [0.5, 0.6) is 5.75 Å². The fourth-order valence-corrected chi connectivity index (χ4v) is 2.42. The van der Waals surface area contributed by atoms with Crippen LogP contribution in [-0.4, -0.2) is 37.6 Å². The number of likely N-dealkylation sites (tertiary alicyclic amines) is 1. The molecule has 110 valence electrons. The lowest BCUT2D eigenvalue weighted by Gasteiger charge is -2.29. The zero-order valence-corrected chi connectivity index (χ0v) is 12.4. The van der Waals surface area contributed by atoms with Crippen molar-refractivity contribution in [3.05, 3.63) is 29.8 Å². The number of hydrogen-bond donors (Lipinski definition) is 1. The van der Waals surface area contributed by atoms with Gasteiger partial charge in [-0.3, -0.25) is 9.69 Å². The number of benzene rings is 1. The highest BCUT2D eigenvalue weighted by Gasteiger charge is 2.17. The number of hydrogen-bond acceptors (Lipinski definition) is 3. The predicted octanol–water partition coefficient (Wildman–Crippen LogP) is 2.04. The standard InChI is InChI=1S/C16H24N2O2/c1-13-7-9-18(10-8-13)12-16(19)17-11-14-3-5-15(20-2)6-4-14/h3-6,13H,7-12H2,1-2H3,(H,17,19). The Morgan fingerprint density at radius 3 is 2.55 bits per heavy atom. The Kier molecular flexibility index (Phi) is 5.41. The van der Waals surface area contributed by atoms with E-state index in [1.54, 1.807) is 7.11 Å². The highest BCUT2D eigenvalue weighted by atomic mass is 16.5. The Morgan fingerprint density at radius 1 is 1.30 bits per heavy atom. The van der Waals surface area contributed by atoms with Gasteiger partial charge in [0.25, 0.3) is 0 Å². The van der Waals surface area contributed by atoms with Crippen molar-refractivity contribution in [3.8, 4) is 5.75 Å². The first-order valence-corrected chi connectivity index (χ1v) is 7.29. The Hall–Kier alpha value is -1.55. The number of piperidine rings is 1. The molecule has 0 radical (unpaired) electrons. The molecule has 4 heteroatoms. The molecule has 0 bridgehead atoms. The fraction of sp³-hybridized carbons (Fsp3) is 0.562. The average molecular weight is 276 g/mol. The van der Waals surface area contributed by atoms with Gasteiger partial charge in [0.15, 0.2) is 0 Å². The summed E-state index contributed by atoms with van der Waals surface area (Å²) in [5, 5.41) is 2.97. The van der Waals surface area contributed by atoms with Gasteiger partial charge in [0.2, 0.25) is 5.91 Å². The molecule has 0 spiro atoms. The molecule has 1 aromatic rings. The summed E-state index contributed by atoms with van der Waals surface area (Å²) in [4.78, 5) is 14.2. The molecular weight excluding hydrogens is 252 g/mol. The van der Waals surface area contributed by atoms with E-state index in [4.69, 9.17) is 4.74 Å². The van der Waals surface area contributed by atoms with Crippen molar-refractivity contribution in [3.63, 3.8) is 0 Å². The van der Waals surface area contributed by atoms with Gasteiger partial charge in [-0.2, -0.15) is 0 Å². The van der Waals surface area contributed by atoms with Gasteiger partial charge in [-0.1, -0.05) is 19.1 Å². The van der Waals surface area contributed by atoms with E-state index in [0.29, 0.717) is 13.1 Å². The minimum absolute atomic E-state index is 0.107. The van der Waals surface area contributed by atoms with Gasteiger partial charge in [0.05, 0.1) is 13.7 Å². The highest BCUT2D eigenvalue weighted by Crippen LogP contribution is 2.15. The summed E-state index contributed by atoms with van der Waals surface area (Å²) in [5.41, 5.74) is 1.09. The Morgan fingerprint density at radius 2 is 1.95 bits per heavy atom. The first kappa shape index (κ1) is 14.9. The molecule has 4 nitrogen and oxygen atoms in total. The van der Waals surface area contributed by atoms with Crippen molar-refractivity contribution < 1.29 is 9.53 Å². The van der Waals surface area contributed by atoms with Gasteiger partial charge in [-0.25, -0.2) is 0 Å². The second kappa shape index (κ2) is 7.29. The molecule has 1 aliphatic heterocycles. The van der Waals surface area contributed by atoms with E-state index in [1.165, 1.54) is 12.8 Å². The van der Waals surface area contributed by atoms with Gasteiger partial charge in [0.1, 0.15) is 5.75 Å². The number of ether oxygens (including phenoxy) is 1. The Labute approximate surface area is 121 Å². The first-order valence-electron chi connectivity index (χ1n) is 7.29. The van der Waals surface area contributed by atoms with Crippen molar-refractivity contribution in [1.82, 2.24) is 10.2 Å². The third kappa shape index (κ3) is 4.53. The molecule has 1 fully saturated rings. The van der Waals surface area contributed by atoms with Crippen LogP contribution in [0.4, 0.5) is 0 Å². The van der Waals surface area contributed by atoms with Crippen LogP contribution in [0.1, 0.15) is 25.3 Å². The van der Waals surface area contributed by atoms with Crippen LogP contribution < -0.4 is 10.1 Å². The molecule has 0 aliphatic carbocycles. The average Bonchev–Trinajstić information content (AvgIpc) is 2.48. The second-order valence-corrected chi connectivity index (χ2v) is 5.58. The number of carbonyl (C=O) groups excluding carboxylic acids is 1. The molecule has 1 aromatic carbocycles. The number of amides is 1. The molecule has 0 atom stereocenters. The van der Waals surface area contributed by atoms with E-state index in [9.17, 15) is 4.79 Å². The number of rotatable bonds is 5. The summed E-state index contributed by atoms with van der Waals surface area (Å²) in [6.07, 6.45) is 2.40. The lowest BCUT2D eigenvalue weighted by Crippen LogP contribution is -2.41. The molecule has 1 heterocycles. The maximum atomic E-state index is 11.9. The van der Waals surface area contributed by atoms with Crippen LogP contribution in [-0.2, 0) is 11.3 Å². The normalized spacial score (nSPS) is 16.9. The zero-order valence-electron chi connectivity index (χ0n) is 12.4. The highest BCUT2D eigenvalue weighted by molar-refractivity contribution is 5.78. The van der Waals surface area contributed by atoms with Gasteiger partial charge < -0.3 is 10.1 Å². The predicted molar refractivity (Wildman–Crippen MR) is 79.7 cm³/mol. The van der Waals surface area contributed by atoms with Crippen LogP contribution in [0.2, 0.25) is 0 Å². The van der Waals surface area contributed by atoms with Crippen LogP contribution >= 0.6 is 0 Å². The number of methoxy groups -OCH3 is 1. The molecule has 1 amide bonds. The quantitative estimate of drug-likeness (QED) is 0.895. The van der Waals surface area contributed by atoms with Gasteiger partial charge in [0, 0.05) is 6.54 Å². The summed E-state index contributed by atoms with van der Waals surface area (Å²) in [7, 11) is 1.65. The van der Waals surface area contributed by atoms with Crippen molar-refractivity contribution >= 4 is 5.91 Å². The number of nitrogens with one attached hydrogen (secondary N) is 1. The molecule has 20 heavy (non-hydrogen) atoms. The smallest absolute Gasteiger partial charge is 0.234 e. The summed E-state index contributed by atoms with van der Waals surface area (Å²) in [6, 6.07) is 7.77. The van der Waals surface area contributed by atoms with E-state index in [-0.39, 0.29) is 5.91 Å². The molecule has 0 unspecified atom stereocenters. The number of nitrogens with zero attached hydrogens (tertiary/aromatic N) is 1. The Bertz CT molecular complexity index is 423. The lowest BCUT2D eigenvalue weighted by molar-refractivity contribution is -0.122. The molecule has 2 rings (SSSR count). The summed E-state index contributed by atoms with van der Waals surface area (Å²) < 4.78 is 5.11. The molecule has 1 aliphatic rings. The van der Waals surface area contributed by atoms with E-state index >= 15 is 0 Å². The van der Waals surface area contributed by atoms with Crippen molar-refractivity contribution in [2.24, 2.45) is 5.92 Å². The first-order chi connectivity index (χ1) is 9.67. The monoisotopic (exact) mass is 276 g/mol. The number of carbonyl (C=O) groups is 1. The van der Waals surface area contributed by atoms with Crippen molar-refractivity contribution in [1.29, 1.82) is 0 Å². The maximum absolute atomic E-state index is 11.9.